The molecule has 3 N–H and O–H groups in total. The van der Waals surface area contributed by atoms with Crippen LogP contribution in [0.15, 0.2) is 12.1 Å². The van der Waals surface area contributed by atoms with Crippen LogP contribution in [0.5, 0.6) is 17.2 Å². The van der Waals surface area contributed by atoms with Gasteiger partial charge in [-0.25, -0.2) is 0 Å². The van der Waals surface area contributed by atoms with Crippen molar-refractivity contribution in [2.75, 3.05) is 0 Å². The summed E-state index contributed by atoms with van der Waals surface area (Å²) in [7, 11) is 0. The van der Waals surface area contributed by atoms with Crippen molar-refractivity contribution in [2.45, 2.75) is 0 Å². The summed E-state index contributed by atoms with van der Waals surface area (Å²) < 4.78 is 0. The van der Waals surface area contributed by atoms with Crippen LogP contribution < -0.4 is 5.11 Å². The number of carboxylic acid groups (broad SMARTS) is 1. The summed E-state index contributed by atoms with van der Waals surface area (Å²) in [5.41, 5.74) is -0.400. The minimum absolute atomic E-state index is 0. The Balaban J connectivity index is 0. The molecule has 0 spiro atoms. The molecule has 0 atom stereocenters. The second kappa shape index (κ2) is 5.88. The summed E-state index contributed by atoms with van der Waals surface area (Å²) in [6.07, 6.45) is 0. The summed E-state index contributed by atoms with van der Waals surface area (Å²) in [5.74, 6) is -3.69. The molecule has 0 saturated heterocycles. The Hall–Kier alpha value is -0.744. The molecule has 0 aliphatic rings. The maximum absolute atomic E-state index is 10.2. The van der Waals surface area contributed by atoms with Crippen LogP contribution in [-0.4, -0.2) is 38.9 Å². The molecule has 5 nitrogen and oxygen atoms in total. The van der Waals surface area contributed by atoms with E-state index in [1.165, 1.54) is 0 Å². The molecule has 1 aromatic rings. The SMILES string of the molecule is O=C([O-])c1cc(O)c(O)c(O)c1.[GeH3+].[Zn]. The van der Waals surface area contributed by atoms with E-state index >= 15 is 0 Å². The number of carbonyl (C=O) groups is 1. The molecule has 0 fully saturated rings. The molecule has 1 aromatic carbocycles. The first-order valence-corrected chi connectivity index (χ1v) is 2.98. The van der Waals surface area contributed by atoms with E-state index in [1.54, 1.807) is 0 Å². The minimum Gasteiger partial charge on any atom is 0 e. The molecule has 0 heterocycles. The van der Waals surface area contributed by atoms with Gasteiger partial charge in [0.15, 0.2) is 17.2 Å². The van der Waals surface area contributed by atoms with Gasteiger partial charge in [-0.3, -0.25) is 0 Å². The number of hydrogen-bond donors (Lipinski definition) is 3. The van der Waals surface area contributed by atoms with E-state index in [0.717, 1.165) is 12.1 Å². The second-order valence-corrected chi connectivity index (χ2v) is 2.15. The number of phenols is 3. The van der Waals surface area contributed by atoms with E-state index in [2.05, 4.69) is 0 Å². The molecular formula is C7H8GeO5Zn. The molecule has 0 saturated carbocycles. The number of phenolic OH excluding ortho intramolecular Hbond substituents is 3. The molecule has 72 valence electrons. The molecular weight excluding hydrogens is 302 g/mol. The summed E-state index contributed by atoms with van der Waals surface area (Å²) >= 11 is 0. The summed E-state index contributed by atoms with van der Waals surface area (Å²) in [6.45, 7) is 0. The van der Waals surface area contributed by atoms with Gasteiger partial charge in [-0.15, -0.1) is 0 Å². The van der Waals surface area contributed by atoms with E-state index in [-0.39, 0.29) is 37.1 Å². The van der Waals surface area contributed by atoms with Crippen LogP contribution in [0.25, 0.3) is 0 Å². The molecule has 0 bridgehead atoms. The fourth-order valence-corrected chi connectivity index (χ4v) is 0.722. The van der Waals surface area contributed by atoms with Gasteiger partial charge in [0.2, 0.25) is 0 Å². The van der Waals surface area contributed by atoms with Crippen LogP contribution in [0, 0.1) is 0 Å². The molecule has 0 radical (unpaired) electrons. The average Bonchev–Trinajstić information content (AvgIpc) is 1.99. The van der Waals surface area contributed by atoms with E-state index < -0.39 is 28.8 Å². The van der Waals surface area contributed by atoms with Crippen LogP contribution in [0.4, 0.5) is 0 Å². The number of aromatic hydroxyl groups is 3. The number of carboxylic acids is 1. The Morgan fingerprint density at radius 3 is 1.79 bits per heavy atom. The quantitative estimate of drug-likeness (QED) is 0.411. The van der Waals surface area contributed by atoms with Crippen molar-refractivity contribution in [3.8, 4) is 17.2 Å². The second-order valence-electron chi connectivity index (χ2n) is 2.15. The normalized spacial score (nSPS) is 8.29. The zero-order chi connectivity index (χ0) is 9.30. The molecule has 14 heavy (non-hydrogen) atoms. The molecule has 0 aliphatic carbocycles. The number of rotatable bonds is 1. The third kappa shape index (κ3) is 3.19. The minimum atomic E-state index is -1.54. The predicted octanol–water partition coefficient (Wildman–Crippen LogP) is -2.02. The Bertz CT molecular complexity index is 318. The molecule has 0 amide bonds. The summed E-state index contributed by atoms with van der Waals surface area (Å²) in [5, 5.41) is 36.7. The van der Waals surface area contributed by atoms with Crippen LogP contribution in [0.1, 0.15) is 10.4 Å². The van der Waals surface area contributed by atoms with Crippen LogP contribution in [0.2, 0.25) is 0 Å². The smallest absolute Gasteiger partial charge is 0 e. The first kappa shape index (κ1) is 15.7. The van der Waals surface area contributed by atoms with Gasteiger partial charge in [0, 0.05) is 25.0 Å². The third-order valence-electron chi connectivity index (χ3n) is 1.31. The topological polar surface area (TPSA) is 101 Å². The van der Waals surface area contributed by atoms with Gasteiger partial charge in [-0.1, -0.05) is 0 Å². The van der Waals surface area contributed by atoms with Crippen molar-refractivity contribution < 1.29 is 44.7 Å². The molecule has 1 rings (SSSR count). The first-order chi connectivity index (χ1) is 5.52. The maximum Gasteiger partial charge on any atom is 0 e. The Morgan fingerprint density at radius 2 is 1.50 bits per heavy atom. The van der Waals surface area contributed by atoms with Crippen molar-refractivity contribution in [3.05, 3.63) is 17.7 Å². The van der Waals surface area contributed by atoms with Crippen molar-refractivity contribution in [1.29, 1.82) is 0 Å². The van der Waals surface area contributed by atoms with Gasteiger partial charge in [0.1, 0.15) is 0 Å². The van der Waals surface area contributed by atoms with E-state index in [1.807, 2.05) is 0 Å². The van der Waals surface area contributed by atoms with Gasteiger partial charge < -0.3 is 25.2 Å². The zero-order valence-electron chi connectivity index (χ0n) is 7.52. The molecule has 0 aromatic heterocycles. The fraction of sp³-hybridized carbons (Fsp3) is 0. The predicted molar refractivity (Wildman–Crippen MR) is 45.7 cm³/mol. The Labute approximate surface area is 103 Å². The Kier molecular flexibility index (Phi) is 6.60. The van der Waals surface area contributed by atoms with Crippen molar-refractivity contribution >= 4 is 23.6 Å². The van der Waals surface area contributed by atoms with Gasteiger partial charge in [0.25, 0.3) is 0 Å². The number of benzene rings is 1. The van der Waals surface area contributed by atoms with Crippen molar-refractivity contribution in [1.82, 2.24) is 0 Å². The van der Waals surface area contributed by atoms with Gasteiger partial charge in [0.05, 0.1) is 5.97 Å². The Morgan fingerprint density at radius 1 is 1.14 bits per heavy atom. The van der Waals surface area contributed by atoms with Crippen molar-refractivity contribution in [3.63, 3.8) is 0 Å². The van der Waals surface area contributed by atoms with Crippen molar-refractivity contribution in [2.24, 2.45) is 0 Å². The third-order valence-corrected chi connectivity index (χ3v) is 1.31. The zero-order valence-corrected chi connectivity index (χ0v) is 14.7. The first-order valence-electron chi connectivity index (χ1n) is 2.98. The number of hydrogen-bond acceptors (Lipinski definition) is 5. The molecule has 0 aliphatic heterocycles. The molecule has 0 unspecified atom stereocenters. The van der Waals surface area contributed by atoms with E-state index in [0.29, 0.717) is 0 Å². The van der Waals surface area contributed by atoms with Crippen LogP contribution >= 0.6 is 0 Å². The monoisotopic (exact) mass is 310 g/mol. The van der Waals surface area contributed by atoms with Gasteiger partial charge in [-0.05, 0) is 12.1 Å². The standard InChI is InChI=1S/C7H6O5.GeH3.Zn/c8-4-1-3(7(11)12)2-5(9)6(4)10;;/h1-2,8-10H,(H,11,12);1H3;/q;+1;/p-1. The van der Waals surface area contributed by atoms with E-state index in [4.69, 9.17) is 15.3 Å². The van der Waals surface area contributed by atoms with Crippen LogP contribution in [-0.2, 0) is 19.5 Å². The van der Waals surface area contributed by atoms with Gasteiger partial charge in [-0.2, -0.15) is 0 Å². The fourth-order valence-electron chi connectivity index (χ4n) is 0.722. The number of aromatic carboxylic acids is 1. The number of carbonyl (C=O) groups excluding carboxylic acids is 1. The average molecular weight is 310 g/mol. The summed E-state index contributed by atoms with van der Waals surface area (Å²) in [4.78, 5) is 10.2. The summed E-state index contributed by atoms with van der Waals surface area (Å²) in [6, 6.07) is 1.56. The largest absolute Gasteiger partial charge is 0 e. The van der Waals surface area contributed by atoms with E-state index in [9.17, 15) is 9.90 Å². The maximum atomic E-state index is 10.2. The van der Waals surface area contributed by atoms with Crippen LogP contribution in [0.3, 0.4) is 0 Å². The molecule has 7 heteroatoms. The van der Waals surface area contributed by atoms with Gasteiger partial charge >= 0.3 is 17.6 Å².